The maximum absolute atomic E-state index is 13.0. The number of fused-ring (bicyclic) bond motifs is 1. The number of likely N-dealkylation sites (tertiary alicyclic amines) is 1. The molecule has 134 valence electrons. The fraction of sp³-hybridized carbons (Fsp3) is 0.900. The molecule has 3 fully saturated rings. The van der Waals surface area contributed by atoms with Crippen LogP contribution in [0.5, 0.6) is 0 Å². The van der Waals surface area contributed by atoms with Crippen LogP contribution in [0.2, 0.25) is 0 Å². The van der Waals surface area contributed by atoms with Gasteiger partial charge in [-0.1, -0.05) is 32.6 Å². The zero-order chi connectivity index (χ0) is 17.2. The Morgan fingerprint density at radius 1 is 1.17 bits per heavy atom. The van der Waals surface area contributed by atoms with Crippen molar-refractivity contribution in [2.24, 2.45) is 11.8 Å². The lowest BCUT2D eigenvalue weighted by atomic mass is 9.73. The molecule has 3 rings (SSSR count). The molecule has 2 saturated carbocycles. The Labute approximate surface area is 147 Å². The van der Waals surface area contributed by atoms with E-state index in [4.69, 9.17) is 0 Å². The molecule has 3 aliphatic rings. The second-order valence-electron chi connectivity index (χ2n) is 8.43. The van der Waals surface area contributed by atoms with Crippen molar-refractivity contribution in [3.8, 4) is 6.07 Å². The van der Waals surface area contributed by atoms with E-state index >= 15 is 0 Å². The third-order valence-corrected chi connectivity index (χ3v) is 6.99. The predicted molar refractivity (Wildman–Crippen MR) is 95.3 cm³/mol. The molecule has 0 unspecified atom stereocenters. The lowest BCUT2D eigenvalue weighted by Gasteiger charge is -2.48. The van der Waals surface area contributed by atoms with Gasteiger partial charge in [0.2, 0.25) is 5.91 Å². The first kappa shape index (κ1) is 17.7. The summed E-state index contributed by atoms with van der Waals surface area (Å²) >= 11 is 0. The van der Waals surface area contributed by atoms with Crippen LogP contribution in [0.15, 0.2) is 0 Å². The Balaban J connectivity index is 1.68. The highest BCUT2D eigenvalue weighted by Crippen LogP contribution is 2.39. The van der Waals surface area contributed by atoms with Gasteiger partial charge in [0.25, 0.3) is 0 Å². The SMILES string of the molecule is C[C@@H]1CCC[C@@H]2CCCN(CC(=O)N(C)C3(C#N)CCCCC3)[C@@H]21. The minimum absolute atomic E-state index is 0.150. The molecule has 1 aliphatic heterocycles. The number of piperidine rings is 1. The molecule has 1 saturated heterocycles. The minimum atomic E-state index is -0.553. The fourth-order valence-corrected chi connectivity index (χ4v) is 5.55. The molecule has 4 heteroatoms. The van der Waals surface area contributed by atoms with Crippen molar-refractivity contribution in [3.05, 3.63) is 0 Å². The Morgan fingerprint density at radius 2 is 1.88 bits per heavy atom. The summed E-state index contributed by atoms with van der Waals surface area (Å²) in [7, 11) is 1.86. The molecule has 0 aromatic rings. The molecule has 0 aromatic heterocycles. The van der Waals surface area contributed by atoms with E-state index in [2.05, 4.69) is 17.9 Å². The van der Waals surface area contributed by atoms with E-state index in [1.165, 1.54) is 38.5 Å². The Bertz CT molecular complexity index is 490. The van der Waals surface area contributed by atoms with E-state index in [1.807, 2.05) is 7.05 Å². The van der Waals surface area contributed by atoms with Crippen molar-refractivity contribution >= 4 is 5.91 Å². The fourth-order valence-electron chi connectivity index (χ4n) is 5.55. The Kier molecular flexibility index (Phi) is 5.49. The van der Waals surface area contributed by atoms with Gasteiger partial charge in [-0.05, 0) is 56.9 Å². The molecule has 0 radical (unpaired) electrons. The smallest absolute Gasteiger partial charge is 0.237 e. The van der Waals surface area contributed by atoms with Crippen molar-refractivity contribution in [1.82, 2.24) is 9.80 Å². The van der Waals surface area contributed by atoms with Crippen LogP contribution in [0.4, 0.5) is 0 Å². The number of amides is 1. The van der Waals surface area contributed by atoms with Gasteiger partial charge >= 0.3 is 0 Å². The molecule has 1 amide bonds. The quantitative estimate of drug-likeness (QED) is 0.794. The van der Waals surface area contributed by atoms with E-state index in [0.29, 0.717) is 18.5 Å². The minimum Gasteiger partial charge on any atom is -0.326 e. The average Bonchev–Trinajstić information content (AvgIpc) is 2.62. The van der Waals surface area contributed by atoms with Gasteiger partial charge in [0, 0.05) is 13.1 Å². The maximum atomic E-state index is 13.0. The summed E-state index contributed by atoms with van der Waals surface area (Å²) in [4.78, 5) is 17.2. The second kappa shape index (κ2) is 7.44. The molecule has 0 bridgehead atoms. The van der Waals surface area contributed by atoms with Gasteiger partial charge in [-0.3, -0.25) is 9.69 Å². The van der Waals surface area contributed by atoms with E-state index < -0.39 is 5.54 Å². The van der Waals surface area contributed by atoms with Crippen LogP contribution < -0.4 is 0 Å². The first-order valence-electron chi connectivity index (χ1n) is 9.99. The number of carbonyl (C=O) groups excluding carboxylic acids is 1. The largest absolute Gasteiger partial charge is 0.326 e. The molecule has 2 aliphatic carbocycles. The molecular weight excluding hydrogens is 298 g/mol. The van der Waals surface area contributed by atoms with Crippen LogP contribution in [0.25, 0.3) is 0 Å². The van der Waals surface area contributed by atoms with Gasteiger partial charge in [0.1, 0.15) is 5.54 Å². The van der Waals surface area contributed by atoms with Crippen LogP contribution >= 0.6 is 0 Å². The van der Waals surface area contributed by atoms with Crippen molar-refractivity contribution in [3.63, 3.8) is 0 Å². The Hall–Kier alpha value is -1.08. The van der Waals surface area contributed by atoms with Gasteiger partial charge in [0.15, 0.2) is 0 Å². The number of likely N-dealkylation sites (N-methyl/N-ethyl adjacent to an activating group) is 1. The third-order valence-electron chi connectivity index (χ3n) is 6.99. The van der Waals surface area contributed by atoms with Crippen LogP contribution in [-0.2, 0) is 4.79 Å². The average molecular weight is 332 g/mol. The van der Waals surface area contributed by atoms with Crippen molar-refractivity contribution in [2.45, 2.75) is 82.7 Å². The highest BCUT2D eigenvalue weighted by molar-refractivity contribution is 5.79. The molecule has 0 aromatic carbocycles. The van der Waals surface area contributed by atoms with Gasteiger partial charge in [-0.25, -0.2) is 0 Å². The zero-order valence-electron chi connectivity index (χ0n) is 15.5. The lowest BCUT2D eigenvalue weighted by Crippen LogP contribution is -2.57. The molecule has 0 spiro atoms. The highest BCUT2D eigenvalue weighted by atomic mass is 16.2. The summed E-state index contributed by atoms with van der Waals surface area (Å²) in [6.45, 7) is 3.91. The summed E-state index contributed by atoms with van der Waals surface area (Å²) in [5.41, 5.74) is -0.553. The van der Waals surface area contributed by atoms with E-state index in [0.717, 1.165) is 38.1 Å². The summed E-state index contributed by atoms with van der Waals surface area (Å²) in [6.07, 6.45) is 11.5. The second-order valence-corrected chi connectivity index (χ2v) is 8.43. The van der Waals surface area contributed by atoms with Crippen molar-refractivity contribution in [2.75, 3.05) is 20.1 Å². The van der Waals surface area contributed by atoms with Gasteiger partial charge < -0.3 is 4.90 Å². The molecule has 4 nitrogen and oxygen atoms in total. The van der Waals surface area contributed by atoms with Crippen LogP contribution in [0, 0.1) is 23.2 Å². The summed E-state index contributed by atoms with van der Waals surface area (Å²) in [5.74, 6) is 1.62. The number of hydrogen-bond acceptors (Lipinski definition) is 3. The third kappa shape index (κ3) is 3.33. The zero-order valence-corrected chi connectivity index (χ0v) is 15.5. The van der Waals surface area contributed by atoms with Gasteiger partial charge in [0.05, 0.1) is 12.6 Å². The number of carbonyl (C=O) groups is 1. The van der Waals surface area contributed by atoms with Crippen LogP contribution in [-0.4, -0.2) is 47.4 Å². The van der Waals surface area contributed by atoms with Crippen LogP contribution in [0.3, 0.4) is 0 Å². The lowest BCUT2D eigenvalue weighted by molar-refractivity contribution is -0.138. The predicted octanol–water partition coefficient (Wildman–Crippen LogP) is 3.57. The maximum Gasteiger partial charge on any atom is 0.237 e. The van der Waals surface area contributed by atoms with Crippen molar-refractivity contribution in [1.29, 1.82) is 5.26 Å². The van der Waals surface area contributed by atoms with Gasteiger partial charge in [-0.15, -0.1) is 0 Å². The highest BCUT2D eigenvalue weighted by Gasteiger charge is 2.42. The monoisotopic (exact) mass is 331 g/mol. The number of nitriles is 1. The Morgan fingerprint density at radius 3 is 2.58 bits per heavy atom. The summed E-state index contributed by atoms with van der Waals surface area (Å²) < 4.78 is 0. The molecule has 1 heterocycles. The molecule has 0 N–H and O–H groups in total. The topological polar surface area (TPSA) is 47.3 Å². The molecule has 24 heavy (non-hydrogen) atoms. The standard InChI is InChI=1S/C20H33N3O/c1-16-8-6-9-17-10-7-13-23(19(16)17)14-18(24)22(2)20(15-21)11-4-3-5-12-20/h16-17,19H,3-14H2,1-2H3/t16-,17-,19-/m1/s1. The number of hydrogen-bond donors (Lipinski definition) is 0. The molecular formula is C20H33N3O. The van der Waals surface area contributed by atoms with Crippen LogP contribution in [0.1, 0.15) is 71.1 Å². The summed E-state index contributed by atoms with van der Waals surface area (Å²) in [5, 5.41) is 9.74. The van der Waals surface area contributed by atoms with Gasteiger partial charge in [-0.2, -0.15) is 5.26 Å². The van der Waals surface area contributed by atoms with E-state index in [1.54, 1.807) is 4.90 Å². The first-order chi connectivity index (χ1) is 11.6. The normalized spacial score (nSPS) is 33.3. The van der Waals surface area contributed by atoms with E-state index in [-0.39, 0.29) is 5.91 Å². The number of rotatable bonds is 3. The van der Waals surface area contributed by atoms with E-state index in [9.17, 15) is 10.1 Å². The van der Waals surface area contributed by atoms with Crippen molar-refractivity contribution < 1.29 is 4.79 Å². The molecule has 3 atom stereocenters. The number of nitrogens with zero attached hydrogens (tertiary/aromatic N) is 3. The first-order valence-corrected chi connectivity index (χ1v) is 9.99. The summed E-state index contributed by atoms with van der Waals surface area (Å²) in [6, 6.07) is 3.07.